The van der Waals surface area contributed by atoms with Gasteiger partial charge in [0.05, 0.1) is 30.1 Å². The van der Waals surface area contributed by atoms with Crippen LogP contribution in [0.1, 0.15) is 22.3 Å². The summed E-state index contributed by atoms with van der Waals surface area (Å²) in [4.78, 5) is 20.8. The number of carbonyl (C=O) groups excluding carboxylic acids is 1. The standard InChI is InChI=1S/C22H22F3N5O2/c1-32-17-6-3-15(4-7-17)20-18(14-27-28-20)21(31)30-10-2-9-29(11-12-30)19-8-5-16(13-26-19)22(23,24)25/h3-8,13-14H,2,9-12H2,1H3,(H,27,28). The number of nitrogens with zero attached hydrogens (tertiary/aromatic N) is 4. The van der Waals surface area contributed by atoms with Crippen LogP contribution in [-0.4, -0.2) is 59.3 Å². The van der Waals surface area contributed by atoms with Crippen LogP contribution < -0.4 is 9.64 Å². The number of rotatable bonds is 4. The van der Waals surface area contributed by atoms with E-state index < -0.39 is 11.7 Å². The highest BCUT2D eigenvalue weighted by Gasteiger charge is 2.31. The predicted octanol–water partition coefficient (Wildman–Crippen LogP) is 3.85. The van der Waals surface area contributed by atoms with Gasteiger partial charge in [0.1, 0.15) is 11.6 Å². The van der Waals surface area contributed by atoms with Crippen molar-refractivity contribution >= 4 is 11.7 Å². The van der Waals surface area contributed by atoms with Crippen molar-refractivity contribution in [1.82, 2.24) is 20.1 Å². The Balaban J connectivity index is 1.46. The summed E-state index contributed by atoms with van der Waals surface area (Å²) in [7, 11) is 1.59. The van der Waals surface area contributed by atoms with E-state index in [9.17, 15) is 18.0 Å². The summed E-state index contributed by atoms with van der Waals surface area (Å²) < 4.78 is 43.5. The van der Waals surface area contributed by atoms with E-state index in [1.165, 1.54) is 12.3 Å². The summed E-state index contributed by atoms with van der Waals surface area (Å²) >= 11 is 0. The molecule has 2 aromatic heterocycles. The molecule has 0 radical (unpaired) electrons. The van der Waals surface area contributed by atoms with Gasteiger partial charge in [-0.3, -0.25) is 9.89 Å². The minimum absolute atomic E-state index is 0.146. The number of nitrogens with one attached hydrogen (secondary N) is 1. The van der Waals surface area contributed by atoms with Crippen molar-refractivity contribution in [2.24, 2.45) is 0 Å². The van der Waals surface area contributed by atoms with Crippen molar-refractivity contribution in [2.45, 2.75) is 12.6 Å². The molecule has 0 spiro atoms. The SMILES string of the molecule is COc1ccc(-c2[nH]ncc2C(=O)N2CCCN(c3ccc(C(F)(F)F)cn3)CC2)cc1. The number of anilines is 1. The molecule has 1 saturated heterocycles. The first-order chi connectivity index (χ1) is 15.4. The van der Waals surface area contributed by atoms with Crippen molar-refractivity contribution in [3.63, 3.8) is 0 Å². The number of carbonyl (C=O) groups is 1. The Labute approximate surface area is 182 Å². The number of H-pyrrole nitrogens is 1. The third-order valence-electron chi connectivity index (χ3n) is 5.43. The number of aromatic amines is 1. The van der Waals surface area contributed by atoms with Gasteiger partial charge in [-0.2, -0.15) is 18.3 Å². The highest BCUT2D eigenvalue weighted by Crippen LogP contribution is 2.30. The lowest BCUT2D eigenvalue weighted by molar-refractivity contribution is -0.137. The van der Waals surface area contributed by atoms with Gasteiger partial charge in [-0.15, -0.1) is 0 Å². The normalized spacial score (nSPS) is 14.9. The van der Waals surface area contributed by atoms with E-state index in [4.69, 9.17) is 4.74 Å². The summed E-state index contributed by atoms with van der Waals surface area (Å²) in [5.74, 6) is 1.03. The summed E-state index contributed by atoms with van der Waals surface area (Å²) in [6, 6.07) is 9.73. The summed E-state index contributed by atoms with van der Waals surface area (Å²) in [6.07, 6.45) is -1.39. The number of aromatic nitrogens is 3. The van der Waals surface area contributed by atoms with Crippen molar-refractivity contribution < 1.29 is 22.7 Å². The predicted molar refractivity (Wildman–Crippen MR) is 113 cm³/mol. The van der Waals surface area contributed by atoms with E-state index in [2.05, 4.69) is 15.2 Å². The van der Waals surface area contributed by atoms with Crippen molar-refractivity contribution in [2.75, 3.05) is 38.2 Å². The van der Waals surface area contributed by atoms with Gasteiger partial charge in [-0.05, 0) is 42.8 Å². The van der Waals surface area contributed by atoms with E-state index in [0.29, 0.717) is 55.4 Å². The lowest BCUT2D eigenvalue weighted by Gasteiger charge is -2.23. The van der Waals surface area contributed by atoms with Crippen molar-refractivity contribution in [3.05, 3.63) is 59.9 Å². The molecule has 32 heavy (non-hydrogen) atoms. The molecule has 4 rings (SSSR count). The molecule has 0 unspecified atom stereocenters. The summed E-state index contributed by atoms with van der Waals surface area (Å²) in [6.45, 7) is 2.02. The molecule has 0 bridgehead atoms. The fraction of sp³-hybridized carbons (Fsp3) is 0.318. The second-order valence-electron chi connectivity index (χ2n) is 7.42. The Bertz CT molecular complexity index is 1060. The van der Waals surface area contributed by atoms with Crippen LogP contribution in [0.3, 0.4) is 0 Å². The fourth-order valence-corrected chi connectivity index (χ4v) is 3.69. The topological polar surface area (TPSA) is 74.3 Å². The third-order valence-corrected chi connectivity index (χ3v) is 5.43. The fourth-order valence-electron chi connectivity index (χ4n) is 3.69. The molecule has 0 atom stereocenters. The highest BCUT2D eigenvalue weighted by atomic mass is 19.4. The van der Waals surface area contributed by atoms with E-state index in [-0.39, 0.29) is 5.91 Å². The number of methoxy groups -OCH3 is 1. The largest absolute Gasteiger partial charge is 0.497 e. The Hall–Kier alpha value is -3.56. The van der Waals surface area contributed by atoms with Gasteiger partial charge in [0, 0.05) is 37.9 Å². The van der Waals surface area contributed by atoms with Gasteiger partial charge >= 0.3 is 6.18 Å². The van der Waals surface area contributed by atoms with Gasteiger partial charge in [0.25, 0.3) is 5.91 Å². The van der Waals surface area contributed by atoms with Crippen molar-refractivity contribution in [1.29, 1.82) is 0 Å². The second-order valence-corrected chi connectivity index (χ2v) is 7.42. The molecule has 0 saturated carbocycles. The first-order valence-corrected chi connectivity index (χ1v) is 10.1. The van der Waals surface area contributed by atoms with Gasteiger partial charge in [-0.1, -0.05) is 0 Å². The van der Waals surface area contributed by atoms with Gasteiger partial charge in [0.2, 0.25) is 0 Å². The maximum absolute atomic E-state index is 13.2. The molecular formula is C22H22F3N5O2. The first kappa shape index (κ1) is 21.7. The van der Waals surface area contributed by atoms with Crippen LogP contribution in [0, 0.1) is 0 Å². The number of hydrogen-bond donors (Lipinski definition) is 1. The summed E-state index contributed by atoms with van der Waals surface area (Å²) in [5, 5.41) is 6.95. The molecule has 1 fully saturated rings. The van der Waals surface area contributed by atoms with Crippen LogP contribution in [0.15, 0.2) is 48.8 Å². The number of pyridine rings is 1. The second kappa shape index (κ2) is 8.89. The Morgan fingerprint density at radius 2 is 1.81 bits per heavy atom. The minimum atomic E-state index is -4.42. The molecule has 7 nitrogen and oxygen atoms in total. The molecule has 1 aromatic carbocycles. The Morgan fingerprint density at radius 3 is 2.47 bits per heavy atom. The third kappa shape index (κ3) is 4.53. The maximum atomic E-state index is 13.2. The van der Waals surface area contributed by atoms with E-state index in [1.807, 2.05) is 29.2 Å². The molecule has 10 heteroatoms. The molecular weight excluding hydrogens is 423 g/mol. The van der Waals surface area contributed by atoms with Crippen LogP contribution in [0.5, 0.6) is 5.75 Å². The van der Waals surface area contributed by atoms with Gasteiger partial charge < -0.3 is 14.5 Å². The zero-order valence-electron chi connectivity index (χ0n) is 17.4. The van der Waals surface area contributed by atoms with Crippen LogP contribution in [0.2, 0.25) is 0 Å². The molecule has 168 valence electrons. The average molecular weight is 445 g/mol. The van der Waals surface area contributed by atoms with Crippen LogP contribution in [0.25, 0.3) is 11.3 Å². The maximum Gasteiger partial charge on any atom is 0.417 e. The molecule has 1 amide bonds. The number of amides is 1. The number of alkyl halides is 3. The smallest absolute Gasteiger partial charge is 0.417 e. The summed E-state index contributed by atoms with van der Waals surface area (Å²) in [5.41, 5.74) is 1.13. The molecule has 1 aliphatic heterocycles. The number of benzene rings is 1. The zero-order chi connectivity index (χ0) is 22.7. The zero-order valence-corrected chi connectivity index (χ0v) is 17.4. The molecule has 0 aliphatic carbocycles. The van der Waals surface area contributed by atoms with E-state index >= 15 is 0 Å². The van der Waals surface area contributed by atoms with Gasteiger partial charge in [0.15, 0.2) is 0 Å². The minimum Gasteiger partial charge on any atom is -0.497 e. The Kier molecular flexibility index (Phi) is 6.02. The lowest BCUT2D eigenvalue weighted by Crippen LogP contribution is -2.35. The molecule has 1 aliphatic rings. The quantitative estimate of drug-likeness (QED) is 0.660. The first-order valence-electron chi connectivity index (χ1n) is 10.1. The molecule has 1 N–H and O–H groups in total. The highest BCUT2D eigenvalue weighted by molar-refractivity contribution is 5.99. The Morgan fingerprint density at radius 1 is 1.03 bits per heavy atom. The van der Waals surface area contributed by atoms with E-state index in [1.54, 1.807) is 12.0 Å². The van der Waals surface area contributed by atoms with Crippen LogP contribution >= 0.6 is 0 Å². The number of halogens is 3. The van der Waals surface area contributed by atoms with Gasteiger partial charge in [-0.25, -0.2) is 4.98 Å². The van der Waals surface area contributed by atoms with Crippen LogP contribution in [0.4, 0.5) is 19.0 Å². The molecule has 3 aromatic rings. The average Bonchev–Trinajstić information content (AvgIpc) is 3.15. The lowest BCUT2D eigenvalue weighted by atomic mass is 10.1. The molecule has 3 heterocycles. The van der Waals surface area contributed by atoms with Crippen LogP contribution in [-0.2, 0) is 6.18 Å². The monoisotopic (exact) mass is 445 g/mol. The number of ether oxygens (including phenoxy) is 1. The number of hydrogen-bond acceptors (Lipinski definition) is 5. The van der Waals surface area contributed by atoms with Crippen molar-refractivity contribution in [3.8, 4) is 17.0 Å². The van der Waals surface area contributed by atoms with E-state index in [0.717, 1.165) is 17.8 Å².